The second-order valence-corrected chi connectivity index (χ2v) is 5.92. The van der Waals surface area contributed by atoms with Gasteiger partial charge < -0.3 is 13.9 Å². The molecule has 2 aromatic carbocycles. The highest BCUT2D eigenvalue weighted by Crippen LogP contribution is 2.29. The van der Waals surface area contributed by atoms with Crippen LogP contribution in [0, 0.1) is 0 Å². The molecule has 1 aromatic heterocycles. The second-order valence-electron chi connectivity index (χ2n) is 5.92. The zero-order chi connectivity index (χ0) is 18.5. The lowest BCUT2D eigenvalue weighted by Crippen LogP contribution is -2.15. The minimum Gasteiger partial charge on any atom is -0.497 e. The summed E-state index contributed by atoms with van der Waals surface area (Å²) in [5.41, 5.74) is 0.668. The molecule has 0 fully saturated rings. The molecule has 5 heteroatoms. The third-order valence-corrected chi connectivity index (χ3v) is 4.14. The second kappa shape index (κ2) is 7.87. The molecule has 0 spiro atoms. The molecule has 1 heterocycles. The number of rotatable bonds is 6. The SMILES string of the molecule is CCCCc1c(OC(=O)c2cccc(OC)c2)c2ccccc2oc1=O. The van der Waals surface area contributed by atoms with Crippen molar-refractivity contribution >= 4 is 16.9 Å². The molecule has 0 radical (unpaired) electrons. The molecular weight excluding hydrogens is 332 g/mol. The fourth-order valence-electron chi connectivity index (χ4n) is 2.75. The first-order valence-electron chi connectivity index (χ1n) is 8.55. The van der Waals surface area contributed by atoms with Gasteiger partial charge in [-0.25, -0.2) is 9.59 Å². The number of para-hydroxylation sites is 1. The van der Waals surface area contributed by atoms with E-state index in [1.54, 1.807) is 42.5 Å². The van der Waals surface area contributed by atoms with E-state index in [1.165, 1.54) is 7.11 Å². The molecule has 0 saturated heterocycles. The van der Waals surface area contributed by atoms with E-state index in [4.69, 9.17) is 13.9 Å². The summed E-state index contributed by atoms with van der Waals surface area (Å²) in [6.07, 6.45) is 2.20. The van der Waals surface area contributed by atoms with Gasteiger partial charge in [-0.15, -0.1) is 0 Å². The lowest BCUT2D eigenvalue weighted by molar-refractivity contribution is 0.0734. The molecule has 26 heavy (non-hydrogen) atoms. The van der Waals surface area contributed by atoms with E-state index < -0.39 is 11.6 Å². The molecule has 5 nitrogen and oxygen atoms in total. The molecule has 0 aliphatic heterocycles. The van der Waals surface area contributed by atoms with Crippen LogP contribution in [0.4, 0.5) is 0 Å². The van der Waals surface area contributed by atoms with Gasteiger partial charge in [0.15, 0.2) is 5.75 Å². The Morgan fingerprint density at radius 3 is 2.69 bits per heavy atom. The van der Waals surface area contributed by atoms with Crippen LogP contribution in [0.25, 0.3) is 11.0 Å². The van der Waals surface area contributed by atoms with E-state index in [1.807, 2.05) is 13.0 Å². The monoisotopic (exact) mass is 352 g/mol. The summed E-state index contributed by atoms with van der Waals surface area (Å²) in [7, 11) is 1.53. The van der Waals surface area contributed by atoms with Gasteiger partial charge in [0.05, 0.1) is 23.6 Å². The number of fused-ring (bicyclic) bond motifs is 1. The van der Waals surface area contributed by atoms with Crippen LogP contribution in [0.5, 0.6) is 11.5 Å². The van der Waals surface area contributed by atoms with Crippen molar-refractivity contribution in [2.24, 2.45) is 0 Å². The third-order valence-electron chi connectivity index (χ3n) is 4.14. The van der Waals surface area contributed by atoms with Crippen molar-refractivity contribution in [3.05, 3.63) is 70.1 Å². The van der Waals surface area contributed by atoms with Crippen LogP contribution in [0.3, 0.4) is 0 Å². The number of methoxy groups -OCH3 is 1. The quantitative estimate of drug-likeness (QED) is 0.487. The number of hydrogen-bond acceptors (Lipinski definition) is 5. The number of carbonyl (C=O) groups excluding carboxylic acids is 1. The smallest absolute Gasteiger partial charge is 0.343 e. The molecule has 0 amide bonds. The van der Waals surface area contributed by atoms with Gasteiger partial charge in [0.1, 0.15) is 11.3 Å². The Balaban J connectivity index is 2.06. The molecule has 0 N–H and O–H groups in total. The van der Waals surface area contributed by atoms with Crippen molar-refractivity contribution in [2.45, 2.75) is 26.2 Å². The van der Waals surface area contributed by atoms with Crippen molar-refractivity contribution in [3.8, 4) is 11.5 Å². The van der Waals surface area contributed by atoms with Crippen LogP contribution in [0.2, 0.25) is 0 Å². The predicted molar refractivity (Wildman–Crippen MR) is 99.0 cm³/mol. The van der Waals surface area contributed by atoms with Crippen LogP contribution in [0.1, 0.15) is 35.7 Å². The first-order chi connectivity index (χ1) is 12.6. The molecule has 0 bridgehead atoms. The zero-order valence-electron chi connectivity index (χ0n) is 14.8. The number of ether oxygens (including phenoxy) is 2. The van der Waals surface area contributed by atoms with Crippen LogP contribution in [-0.4, -0.2) is 13.1 Å². The standard InChI is InChI=1S/C21H20O5/c1-3-4-10-17-19(16-11-5-6-12-18(16)25-21(17)23)26-20(22)14-8-7-9-15(13-14)24-2/h5-9,11-13H,3-4,10H2,1-2H3. The first kappa shape index (κ1) is 17.7. The van der Waals surface area contributed by atoms with E-state index >= 15 is 0 Å². The predicted octanol–water partition coefficient (Wildman–Crippen LogP) is 4.36. The normalized spacial score (nSPS) is 10.7. The van der Waals surface area contributed by atoms with E-state index in [0.717, 1.165) is 12.8 Å². The van der Waals surface area contributed by atoms with Crippen molar-refractivity contribution < 1.29 is 18.7 Å². The van der Waals surface area contributed by atoms with Crippen molar-refractivity contribution in [2.75, 3.05) is 7.11 Å². The summed E-state index contributed by atoms with van der Waals surface area (Å²) in [4.78, 5) is 25.1. The Bertz CT molecular complexity index is 987. The number of carbonyl (C=O) groups is 1. The minimum atomic E-state index is -0.544. The third kappa shape index (κ3) is 3.61. The summed E-state index contributed by atoms with van der Waals surface area (Å²) in [6, 6.07) is 13.7. The number of benzene rings is 2. The Kier molecular flexibility index (Phi) is 5.37. The van der Waals surface area contributed by atoms with Gasteiger partial charge in [-0.3, -0.25) is 0 Å². The molecule has 0 atom stereocenters. The topological polar surface area (TPSA) is 65.7 Å². The molecular formula is C21H20O5. The lowest BCUT2D eigenvalue weighted by atomic mass is 10.1. The summed E-state index contributed by atoms with van der Waals surface area (Å²) in [5.74, 6) is 0.290. The molecule has 3 aromatic rings. The van der Waals surface area contributed by atoms with Gasteiger partial charge >= 0.3 is 11.6 Å². The first-order valence-corrected chi connectivity index (χ1v) is 8.55. The summed E-state index contributed by atoms with van der Waals surface area (Å²) >= 11 is 0. The van der Waals surface area contributed by atoms with Crippen LogP contribution < -0.4 is 15.1 Å². The molecule has 0 saturated carbocycles. The largest absolute Gasteiger partial charge is 0.497 e. The van der Waals surface area contributed by atoms with Gasteiger partial charge in [-0.1, -0.05) is 31.5 Å². The van der Waals surface area contributed by atoms with E-state index in [0.29, 0.717) is 34.3 Å². The van der Waals surface area contributed by atoms with Gasteiger partial charge in [-0.2, -0.15) is 0 Å². The fourth-order valence-corrected chi connectivity index (χ4v) is 2.75. The molecule has 0 aliphatic carbocycles. The fraction of sp³-hybridized carbons (Fsp3) is 0.238. The molecule has 0 unspecified atom stereocenters. The van der Waals surface area contributed by atoms with Crippen LogP contribution in [-0.2, 0) is 6.42 Å². The highest BCUT2D eigenvalue weighted by molar-refractivity contribution is 5.95. The zero-order valence-corrected chi connectivity index (χ0v) is 14.8. The number of esters is 1. The van der Waals surface area contributed by atoms with Gasteiger partial charge in [0.25, 0.3) is 0 Å². The Morgan fingerprint density at radius 1 is 1.12 bits per heavy atom. The van der Waals surface area contributed by atoms with Gasteiger partial charge in [0, 0.05) is 0 Å². The van der Waals surface area contributed by atoms with Crippen molar-refractivity contribution in [1.29, 1.82) is 0 Å². The van der Waals surface area contributed by atoms with Gasteiger partial charge in [0.2, 0.25) is 0 Å². The van der Waals surface area contributed by atoms with E-state index in [-0.39, 0.29) is 5.75 Å². The maximum atomic E-state index is 12.7. The van der Waals surface area contributed by atoms with Crippen LogP contribution >= 0.6 is 0 Å². The molecule has 0 aliphatic rings. The van der Waals surface area contributed by atoms with E-state index in [9.17, 15) is 9.59 Å². The Hall–Kier alpha value is -3.08. The summed E-state index contributed by atoms with van der Waals surface area (Å²) in [6.45, 7) is 2.03. The molecule has 134 valence electrons. The summed E-state index contributed by atoms with van der Waals surface area (Å²) in [5, 5.41) is 0.606. The highest BCUT2D eigenvalue weighted by atomic mass is 16.5. The Labute approximate surface area is 151 Å². The molecule has 3 rings (SSSR count). The van der Waals surface area contributed by atoms with Crippen molar-refractivity contribution in [3.63, 3.8) is 0 Å². The maximum Gasteiger partial charge on any atom is 0.343 e. The van der Waals surface area contributed by atoms with Gasteiger partial charge in [-0.05, 0) is 43.2 Å². The minimum absolute atomic E-state index is 0.276. The van der Waals surface area contributed by atoms with Crippen LogP contribution in [0.15, 0.2) is 57.7 Å². The van der Waals surface area contributed by atoms with Crippen molar-refractivity contribution in [1.82, 2.24) is 0 Å². The Morgan fingerprint density at radius 2 is 1.92 bits per heavy atom. The lowest BCUT2D eigenvalue weighted by Gasteiger charge is -2.12. The average Bonchev–Trinajstić information content (AvgIpc) is 2.67. The van der Waals surface area contributed by atoms with E-state index in [2.05, 4.69) is 0 Å². The number of unbranched alkanes of at least 4 members (excludes halogenated alkanes) is 1. The summed E-state index contributed by atoms with van der Waals surface area (Å²) < 4.78 is 16.2. The number of hydrogen-bond donors (Lipinski definition) is 0. The average molecular weight is 352 g/mol. The highest BCUT2D eigenvalue weighted by Gasteiger charge is 2.19. The maximum absolute atomic E-state index is 12.7.